The lowest BCUT2D eigenvalue weighted by molar-refractivity contribution is -0.116. The molecule has 0 aromatic rings. The van der Waals surface area contributed by atoms with E-state index < -0.39 is 12.5 Å². The summed E-state index contributed by atoms with van der Waals surface area (Å²) in [6, 6.07) is 0. The average Bonchev–Trinajstić information content (AvgIpc) is 1.38. The summed E-state index contributed by atoms with van der Waals surface area (Å²) in [5, 5.41) is 0. The van der Waals surface area contributed by atoms with Crippen LogP contribution in [0.25, 0.3) is 0 Å². The molecule has 0 aromatic carbocycles. The van der Waals surface area contributed by atoms with E-state index in [4.69, 9.17) is 5.73 Å². The number of rotatable bonds is 1. The van der Waals surface area contributed by atoms with Crippen LogP contribution in [0, 0.1) is 0 Å². The summed E-state index contributed by atoms with van der Waals surface area (Å²) in [6.45, 7) is -0.556. The molecule has 0 unspecified atom stereocenters. The van der Waals surface area contributed by atoms with Crippen LogP contribution in [-0.4, -0.2) is 12.5 Å². The molecule has 0 bridgehead atoms. The lowest BCUT2D eigenvalue weighted by atomic mass is 10.7. The first-order valence-corrected chi connectivity index (χ1v) is 1.16. The maximum Gasteiger partial charge on any atom is 0.234 e. The zero-order chi connectivity index (χ0) is 4.28. The molecule has 2 radical (unpaired) electrons. The standard InChI is InChI=1S/C2H4N2O/c3-1-2(4)5/h1H2,(H2,4,5). The molecule has 0 aliphatic heterocycles. The zero-order valence-electron chi connectivity index (χ0n) is 2.64. The molecular formula is C2H4N2O. The highest BCUT2D eigenvalue weighted by molar-refractivity contribution is 5.75. The SMILES string of the molecule is [N]CC(N)=O. The van der Waals surface area contributed by atoms with E-state index in [1.165, 1.54) is 0 Å². The molecule has 0 aliphatic rings. The Morgan fingerprint density at radius 1 is 2.00 bits per heavy atom. The quantitative estimate of drug-likeness (QED) is 0.404. The highest BCUT2D eigenvalue weighted by Crippen LogP contribution is 1.40. The summed E-state index contributed by atoms with van der Waals surface area (Å²) >= 11 is 0. The van der Waals surface area contributed by atoms with Crippen molar-refractivity contribution in [1.29, 1.82) is 0 Å². The fourth-order valence-corrected chi connectivity index (χ4v) is 0. The first-order chi connectivity index (χ1) is 2.27. The van der Waals surface area contributed by atoms with Gasteiger partial charge in [0.15, 0.2) is 0 Å². The van der Waals surface area contributed by atoms with Crippen molar-refractivity contribution >= 4 is 5.91 Å². The van der Waals surface area contributed by atoms with E-state index >= 15 is 0 Å². The van der Waals surface area contributed by atoms with Gasteiger partial charge in [-0.15, -0.1) is 5.73 Å². The summed E-state index contributed by atoms with van der Waals surface area (Å²) < 4.78 is 0. The Balaban J connectivity index is 2.85. The highest BCUT2D eigenvalue weighted by atomic mass is 16.1. The van der Waals surface area contributed by atoms with Crippen molar-refractivity contribution in [2.75, 3.05) is 6.54 Å². The van der Waals surface area contributed by atoms with E-state index in [2.05, 4.69) is 5.73 Å². The third-order valence-electron chi connectivity index (χ3n) is 0.156. The molecule has 0 rings (SSSR count). The molecule has 0 spiro atoms. The average molecular weight is 72.1 g/mol. The molecule has 0 atom stereocenters. The molecule has 0 aliphatic carbocycles. The second-order valence-corrected chi connectivity index (χ2v) is 0.624. The van der Waals surface area contributed by atoms with Crippen LogP contribution >= 0.6 is 0 Å². The van der Waals surface area contributed by atoms with E-state index in [0.717, 1.165) is 0 Å². The second-order valence-electron chi connectivity index (χ2n) is 0.624. The number of nitrogens with zero attached hydrogens (tertiary/aromatic N) is 1. The molecule has 0 fully saturated rings. The molecule has 28 valence electrons. The Labute approximate surface area is 29.9 Å². The van der Waals surface area contributed by atoms with Crippen molar-refractivity contribution in [3.63, 3.8) is 0 Å². The Kier molecular flexibility index (Phi) is 1.53. The van der Waals surface area contributed by atoms with Gasteiger partial charge in [0.2, 0.25) is 5.91 Å². The lowest BCUT2D eigenvalue weighted by Crippen LogP contribution is -2.15. The monoisotopic (exact) mass is 72.0 g/mol. The third kappa shape index (κ3) is 3.43. The molecule has 2 N–H and O–H groups in total. The number of carbonyl (C=O) groups is 1. The first kappa shape index (κ1) is 4.43. The maximum atomic E-state index is 9.34. The molecule has 5 heavy (non-hydrogen) atoms. The largest absolute Gasteiger partial charge is 0.368 e. The minimum Gasteiger partial charge on any atom is -0.368 e. The summed E-state index contributed by atoms with van der Waals surface area (Å²) in [5.74, 6) is -0.690. The van der Waals surface area contributed by atoms with Gasteiger partial charge in [-0.1, -0.05) is 0 Å². The van der Waals surface area contributed by atoms with Crippen LogP contribution in [0.1, 0.15) is 0 Å². The van der Waals surface area contributed by atoms with Crippen molar-refractivity contribution < 1.29 is 4.79 Å². The van der Waals surface area contributed by atoms with Gasteiger partial charge < -0.3 is 5.73 Å². The van der Waals surface area contributed by atoms with Crippen molar-refractivity contribution in [1.82, 2.24) is 5.73 Å². The van der Waals surface area contributed by atoms with Gasteiger partial charge in [-0.05, 0) is 0 Å². The van der Waals surface area contributed by atoms with Gasteiger partial charge >= 0.3 is 0 Å². The van der Waals surface area contributed by atoms with Crippen LogP contribution in [0.4, 0.5) is 0 Å². The van der Waals surface area contributed by atoms with Crippen LogP contribution in [0.5, 0.6) is 0 Å². The van der Waals surface area contributed by atoms with Crippen LogP contribution in [0.15, 0.2) is 0 Å². The van der Waals surface area contributed by atoms with Crippen LogP contribution in [0.2, 0.25) is 0 Å². The molecule has 3 nitrogen and oxygen atoms in total. The first-order valence-electron chi connectivity index (χ1n) is 1.16. The predicted molar refractivity (Wildman–Crippen MR) is 16.2 cm³/mol. The molecule has 0 saturated carbocycles. The molecule has 1 amide bonds. The summed E-state index contributed by atoms with van der Waals surface area (Å²) in [5.41, 5.74) is 12.1. The van der Waals surface area contributed by atoms with Gasteiger partial charge in [0.25, 0.3) is 0 Å². The van der Waals surface area contributed by atoms with E-state index in [1.54, 1.807) is 0 Å². The van der Waals surface area contributed by atoms with Gasteiger partial charge in [-0.25, -0.2) is 0 Å². The van der Waals surface area contributed by atoms with Crippen LogP contribution in [0.3, 0.4) is 0 Å². The van der Waals surface area contributed by atoms with Gasteiger partial charge in [0.05, 0.1) is 0 Å². The van der Waals surface area contributed by atoms with Gasteiger partial charge in [0, 0.05) is 0 Å². The molecule has 0 heterocycles. The van der Waals surface area contributed by atoms with E-state index in [1.807, 2.05) is 0 Å². The van der Waals surface area contributed by atoms with Gasteiger partial charge in [0.1, 0.15) is 6.54 Å². The third-order valence-corrected chi connectivity index (χ3v) is 0.156. The summed E-state index contributed by atoms with van der Waals surface area (Å²) in [4.78, 5) is 9.34. The summed E-state index contributed by atoms with van der Waals surface area (Å²) in [6.07, 6.45) is 0. The Hall–Kier alpha value is -0.570. The van der Waals surface area contributed by atoms with Crippen LogP contribution in [-0.2, 0) is 4.79 Å². The highest BCUT2D eigenvalue weighted by Gasteiger charge is 1.80. The lowest BCUT2D eigenvalue weighted by Gasteiger charge is -1.71. The van der Waals surface area contributed by atoms with Crippen LogP contribution < -0.4 is 11.5 Å². The second kappa shape index (κ2) is 1.72. The topological polar surface area (TPSA) is 65.4 Å². The number of hydrogen-bond acceptors (Lipinski definition) is 1. The maximum absolute atomic E-state index is 9.34. The molecule has 0 aromatic heterocycles. The van der Waals surface area contributed by atoms with Gasteiger partial charge in [-0.3, -0.25) is 4.79 Å². The Morgan fingerprint density at radius 2 is 2.20 bits per heavy atom. The van der Waals surface area contributed by atoms with E-state index in [-0.39, 0.29) is 0 Å². The number of hydrogen-bond donors (Lipinski definition) is 1. The van der Waals surface area contributed by atoms with Crippen molar-refractivity contribution in [3.05, 3.63) is 0 Å². The summed E-state index contributed by atoms with van der Waals surface area (Å²) in [7, 11) is 0. The van der Waals surface area contributed by atoms with Crippen molar-refractivity contribution in [2.45, 2.75) is 0 Å². The predicted octanol–water partition coefficient (Wildman–Crippen LogP) is -1.46. The normalized spacial score (nSPS) is 7.40. The zero-order valence-corrected chi connectivity index (χ0v) is 2.64. The molecular weight excluding hydrogens is 68.0 g/mol. The molecule has 0 saturated heterocycles. The number of nitrogens with two attached hydrogens (primary N) is 1. The minimum atomic E-state index is -0.690. The minimum absolute atomic E-state index is 0.556. The van der Waals surface area contributed by atoms with Gasteiger partial charge in [-0.2, -0.15) is 0 Å². The number of primary amides is 1. The smallest absolute Gasteiger partial charge is 0.234 e. The van der Waals surface area contributed by atoms with Crippen molar-refractivity contribution in [3.8, 4) is 0 Å². The van der Waals surface area contributed by atoms with E-state index in [0.29, 0.717) is 0 Å². The number of amides is 1. The molecule has 3 heteroatoms. The Morgan fingerprint density at radius 3 is 2.20 bits per heavy atom. The van der Waals surface area contributed by atoms with Crippen molar-refractivity contribution in [2.24, 2.45) is 5.73 Å². The fraction of sp³-hybridized carbons (Fsp3) is 0.500. The van der Waals surface area contributed by atoms with E-state index in [9.17, 15) is 4.79 Å². The fourth-order valence-electron chi connectivity index (χ4n) is 0. The number of carbonyl (C=O) groups excluding carboxylic acids is 1. The Bertz CT molecular complexity index is 42.9.